The summed E-state index contributed by atoms with van der Waals surface area (Å²) in [6.07, 6.45) is 0. The lowest BCUT2D eigenvalue weighted by molar-refractivity contribution is 0.250. The van der Waals surface area contributed by atoms with Gasteiger partial charge in [0, 0.05) is 34.1 Å². The standard InChI is InChI=1S/C19H18N2O3/c1-23-18-8-13(5-14-6-15(10-22)24-19(14)18)17-7-12-4-11(9-20)2-3-16(12)21-17/h2-8,21-22H,9-10,20H2,1H3. The van der Waals surface area contributed by atoms with Gasteiger partial charge < -0.3 is 25.0 Å². The number of aromatic amines is 1. The highest BCUT2D eigenvalue weighted by atomic mass is 16.5. The molecular weight excluding hydrogens is 304 g/mol. The van der Waals surface area contributed by atoms with Gasteiger partial charge in [-0.15, -0.1) is 0 Å². The van der Waals surface area contributed by atoms with Crippen LogP contribution in [0.1, 0.15) is 11.3 Å². The number of hydrogen-bond donors (Lipinski definition) is 3. The molecule has 0 aliphatic heterocycles. The van der Waals surface area contributed by atoms with Crippen molar-refractivity contribution in [3.63, 3.8) is 0 Å². The Morgan fingerprint density at radius 1 is 1.12 bits per heavy atom. The first-order valence-electron chi connectivity index (χ1n) is 7.75. The minimum absolute atomic E-state index is 0.137. The Hall–Kier alpha value is -2.76. The fraction of sp³-hybridized carbons (Fsp3) is 0.158. The van der Waals surface area contributed by atoms with Crippen molar-refractivity contribution in [2.45, 2.75) is 13.2 Å². The van der Waals surface area contributed by atoms with Crippen LogP contribution in [0.2, 0.25) is 0 Å². The van der Waals surface area contributed by atoms with E-state index in [1.807, 2.05) is 30.3 Å². The molecular formula is C19H18N2O3. The number of ether oxygens (including phenoxy) is 1. The van der Waals surface area contributed by atoms with Crippen LogP contribution >= 0.6 is 0 Å². The molecule has 2 heterocycles. The number of hydrogen-bond acceptors (Lipinski definition) is 4. The number of methoxy groups -OCH3 is 1. The maximum Gasteiger partial charge on any atom is 0.176 e. The van der Waals surface area contributed by atoms with Crippen LogP contribution in [0.3, 0.4) is 0 Å². The Morgan fingerprint density at radius 3 is 2.75 bits per heavy atom. The molecule has 0 unspecified atom stereocenters. The molecule has 0 saturated carbocycles. The summed E-state index contributed by atoms with van der Waals surface area (Å²) in [6, 6.07) is 14.0. The number of rotatable bonds is 4. The van der Waals surface area contributed by atoms with E-state index in [9.17, 15) is 5.11 Å². The molecule has 0 atom stereocenters. The van der Waals surface area contributed by atoms with Crippen LogP contribution in [0.25, 0.3) is 33.1 Å². The van der Waals surface area contributed by atoms with Crippen molar-refractivity contribution in [2.24, 2.45) is 5.73 Å². The highest BCUT2D eigenvalue weighted by molar-refractivity contribution is 5.92. The normalized spacial score (nSPS) is 11.5. The number of benzene rings is 2. The maximum atomic E-state index is 9.28. The summed E-state index contributed by atoms with van der Waals surface area (Å²) in [5.74, 6) is 1.16. The SMILES string of the molecule is COc1cc(-c2cc3cc(CN)ccc3[nH]2)cc2cc(CO)oc12. The van der Waals surface area contributed by atoms with E-state index in [-0.39, 0.29) is 6.61 Å². The Kier molecular flexibility index (Phi) is 3.52. The smallest absolute Gasteiger partial charge is 0.176 e. The Morgan fingerprint density at radius 2 is 2.00 bits per heavy atom. The van der Waals surface area contributed by atoms with Crippen LogP contribution < -0.4 is 10.5 Å². The minimum Gasteiger partial charge on any atom is -0.493 e. The summed E-state index contributed by atoms with van der Waals surface area (Å²) >= 11 is 0. The average molecular weight is 322 g/mol. The van der Waals surface area contributed by atoms with E-state index in [1.165, 1.54) is 0 Å². The molecule has 2 aromatic carbocycles. The van der Waals surface area contributed by atoms with Gasteiger partial charge in [0.15, 0.2) is 11.3 Å². The molecule has 0 aliphatic carbocycles. The predicted octanol–water partition coefficient (Wildman–Crippen LogP) is 3.54. The predicted molar refractivity (Wildman–Crippen MR) is 93.9 cm³/mol. The number of aliphatic hydroxyl groups excluding tert-OH is 1. The molecule has 24 heavy (non-hydrogen) atoms. The van der Waals surface area contributed by atoms with Crippen molar-refractivity contribution in [2.75, 3.05) is 7.11 Å². The monoisotopic (exact) mass is 322 g/mol. The zero-order valence-electron chi connectivity index (χ0n) is 13.3. The van der Waals surface area contributed by atoms with Gasteiger partial charge in [0.1, 0.15) is 12.4 Å². The van der Waals surface area contributed by atoms with Crippen molar-refractivity contribution in [1.29, 1.82) is 0 Å². The van der Waals surface area contributed by atoms with Crippen LogP contribution in [-0.2, 0) is 13.2 Å². The minimum atomic E-state index is -0.137. The molecule has 5 nitrogen and oxygen atoms in total. The molecule has 5 heteroatoms. The first kappa shape index (κ1) is 14.8. The van der Waals surface area contributed by atoms with Crippen LogP contribution in [0.5, 0.6) is 5.75 Å². The van der Waals surface area contributed by atoms with Crippen molar-refractivity contribution in [1.82, 2.24) is 4.98 Å². The molecule has 0 saturated heterocycles. The summed E-state index contributed by atoms with van der Waals surface area (Å²) in [6.45, 7) is 0.386. The lowest BCUT2D eigenvalue weighted by atomic mass is 10.1. The summed E-state index contributed by atoms with van der Waals surface area (Å²) in [5, 5.41) is 11.3. The van der Waals surface area contributed by atoms with E-state index >= 15 is 0 Å². The van der Waals surface area contributed by atoms with Gasteiger partial charge in [0.2, 0.25) is 0 Å². The van der Waals surface area contributed by atoms with Crippen LogP contribution in [0, 0.1) is 0 Å². The molecule has 0 radical (unpaired) electrons. The van der Waals surface area contributed by atoms with E-state index in [2.05, 4.69) is 17.1 Å². The second kappa shape index (κ2) is 5.70. The molecule has 122 valence electrons. The second-order valence-corrected chi connectivity index (χ2v) is 5.78. The molecule has 0 spiro atoms. The van der Waals surface area contributed by atoms with E-state index in [0.29, 0.717) is 23.6 Å². The van der Waals surface area contributed by atoms with Crippen molar-refractivity contribution < 1.29 is 14.3 Å². The van der Waals surface area contributed by atoms with E-state index in [0.717, 1.165) is 33.1 Å². The Labute approximate surface area is 138 Å². The molecule has 0 amide bonds. The molecule has 0 fully saturated rings. The quantitative estimate of drug-likeness (QED) is 0.536. The Balaban J connectivity index is 1.88. The lowest BCUT2D eigenvalue weighted by Crippen LogP contribution is -1.94. The maximum absolute atomic E-state index is 9.28. The van der Waals surface area contributed by atoms with Gasteiger partial charge >= 0.3 is 0 Å². The summed E-state index contributed by atoms with van der Waals surface area (Å²) in [4.78, 5) is 3.42. The molecule has 4 rings (SSSR count). The zero-order valence-corrected chi connectivity index (χ0v) is 13.3. The van der Waals surface area contributed by atoms with Gasteiger partial charge in [-0.3, -0.25) is 0 Å². The number of fused-ring (bicyclic) bond motifs is 2. The third-order valence-corrected chi connectivity index (χ3v) is 4.24. The number of aliphatic hydroxyl groups is 1. The second-order valence-electron chi connectivity index (χ2n) is 5.78. The first-order chi connectivity index (χ1) is 11.7. The fourth-order valence-electron chi connectivity index (χ4n) is 3.02. The van der Waals surface area contributed by atoms with Crippen LogP contribution in [0.15, 0.2) is 46.9 Å². The van der Waals surface area contributed by atoms with Gasteiger partial charge in [-0.2, -0.15) is 0 Å². The number of H-pyrrole nitrogens is 1. The highest BCUT2D eigenvalue weighted by Crippen LogP contribution is 2.35. The van der Waals surface area contributed by atoms with E-state index in [1.54, 1.807) is 7.11 Å². The molecule has 4 aromatic rings. The molecule has 0 aliphatic rings. The number of aromatic nitrogens is 1. The van der Waals surface area contributed by atoms with Crippen LogP contribution in [-0.4, -0.2) is 17.2 Å². The molecule has 0 bridgehead atoms. The third-order valence-electron chi connectivity index (χ3n) is 4.24. The van der Waals surface area contributed by atoms with Gasteiger partial charge in [-0.1, -0.05) is 6.07 Å². The zero-order chi connectivity index (χ0) is 16.7. The summed E-state index contributed by atoms with van der Waals surface area (Å²) in [7, 11) is 1.61. The van der Waals surface area contributed by atoms with Crippen molar-refractivity contribution in [3.8, 4) is 17.0 Å². The van der Waals surface area contributed by atoms with Gasteiger partial charge in [-0.05, 0) is 42.0 Å². The van der Waals surface area contributed by atoms with Crippen molar-refractivity contribution in [3.05, 3.63) is 53.8 Å². The largest absolute Gasteiger partial charge is 0.493 e. The van der Waals surface area contributed by atoms with Crippen molar-refractivity contribution >= 4 is 21.9 Å². The Bertz CT molecular complexity index is 1030. The van der Waals surface area contributed by atoms with Gasteiger partial charge in [-0.25, -0.2) is 0 Å². The number of nitrogens with two attached hydrogens (primary N) is 1. The lowest BCUT2D eigenvalue weighted by Gasteiger charge is -2.04. The molecule has 4 N–H and O–H groups in total. The number of nitrogens with one attached hydrogen (secondary N) is 1. The van der Waals surface area contributed by atoms with E-state index in [4.69, 9.17) is 14.9 Å². The summed E-state index contributed by atoms with van der Waals surface area (Å²) in [5.41, 5.74) is 10.5. The third kappa shape index (κ3) is 2.35. The average Bonchev–Trinajstić information content (AvgIpc) is 3.23. The molecule has 2 aromatic heterocycles. The van der Waals surface area contributed by atoms with Crippen LogP contribution in [0.4, 0.5) is 0 Å². The highest BCUT2D eigenvalue weighted by Gasteiger charge is 2.13. The van der Waals surface area contributed by atoms with E-state index < -0.39 is 0 Å². The summed E-state index contributed by atoms with van der Waals surface area (Å²) < 4.78 is 11.1. The topological polar surface area (TPSA) is 84.4 Å². The number of furan rings is 1. The van der Waals surface area contributed by atoms with Gasteiger partial charge in [0.05, 0.1) is 7.11 Å². The fourth-order valence-corrected chi connectivity index (χ4v) is 3.02. The first-order valence-corrected chi connectivity index (χ1v) is 7.75. The van der Waals surface area contributed by atoms with Gasteiger partial charge in [0.25, 0.3) is 0 Å².